The first kappa shape index (κ1) is 16.3. The molecule has 0 fully saturated rings. The Morgan fingerprint density at radius 2 is 1.76 bits per heavy atom. The molecular formula is C13H16F3NO3S. The predicted octanol–water partition coefficient (Wildman–Crippen LogP) is 3.26. The Kier molecular flexibility index (Phi) is 4.07. The van der Waals surface area contributed by atoms with Crippen LogP contribution in [0.1, 0.15) is 39.3 Å². The lowest BCUT2D eigenvalue weighted by Crippen LogP contribution is -2.40. The van der Waals surface area contributed by atoms with Crippen molar-refractivity contribution in [1.82, 2.24) is 4.72 Å². The molecule has 2 rings (SSSR count). The number of hydrogen-bond acceptors (Lipinski definition) is 4. The summed E-state index contributed by atoms with van der Waals surface area (Å²) < 4.78 is 62.5. The second-order valence-electron chi connectivity index (χ2n) is 5.71. The SMILES string of the molecule is CC(N[S@@+]([O-])C(C)(C)C)c1cc2c(cc1F)OC(F)(F)O2. The number of hydrogen-bond donors (Lipinski definition) is 1. The molecule has 1 aliphatic heterocycles. The molecule has 1 aliphatic rings. The lowest BCUT2D eigenvalue weighted by Gasteiger charge is -2.26. The summed E-state index contributed by atoms with van der Waals surface area (Å²) in [6, 6.07) is 1.32. The van der Waals surface area contributed by atoms with Gasteiger partial charge in [-0.3, -0.25) is 0 Å². The molecule has 0 saturated carbocycles. The average molecular weight is 323 g/mol. The standard InChI is InChI=1S/C13H16F3NO3S/c1-7(17-21(18)12(2,3)4)8-5-10-11(6-9(8)14)20-13(15,16)19-10/h5-7,17H,1-4H3/t7?,21-/m0/s1. The summed E-state index contributed by atoms with van der Waals surface area (Å²) in [6.07, 6.45) is -3.79. The summed E-state index contributed by atoms with van der Waals surface area (Å²) in [5.74, 6) is -1.34. The normalized spacial score (nSPS) is 19.4. The Morgan fingerprint density at radius 1 is 1.24 bits per heavy atom. The van der Waals surface area contributed by atoms with Gasteiger partial charge in [0.2, 0.25) is 0 Å². The summed E-state index contributed by atoms with van der Waals surface area (Å²) in [6.45, 7) is 6.88. The fourth-order valence-corrected chi connectivity index (χ4v) is 2.52. The Hall–Kier alpha value is -1.12. The van der Waals surface area contributed by atoms with E-state index in [4.69, 9.17) is 0 Å². The van der Waals surface area contributed by atoms with Crippen LogP contribution in [0.25, 0.3) is 0 Å². The molecule has 1 aromatic carbocycles. The van der Waals surface area contributed by atoms with Crippen molar-refractivity contribution in [3.05, 3.63) is 23.5 Å². The van der Waals surface area contributed by atoms with Crippen molar-refractivity contribution in [3.8, 4) is 11.5 Å². The maximum absolute atomic E-state index is 14.0. The first-order valence-electron chi connectivity index (χ1n) is 6.27. The Balaban J connectivity index is 2.22. The van der Waals surface area contributed by atoms with Crippen molar-refractivity contribution < 1.29 is 27.2 Å². The van der Waals surface area contributed by atoms with Gasteiger partial charge >= 0.3 is 6.29 Å². The van der Waals surface area contributed by atoms with E-state index in [-0.39, 0.29) is 17.1 Å². The van der Waals surface area contributed by atoms with Gasteiger partial charge in [-0.2, -0.15) is 0 Å². The minimum Gasteiger partial charge on any atom is -0.598 e. The van der Waals surface area contributed by atoms with Crippen LogP contribution in [0.3, 0.4) is 0 Å². The highest BCUT2D eigenvalue weighted by molar-refractivity contribution is 7.90. The van der Waals surface area contributed by atoms with E-state index >= 15 is 0 Å². The molecule has 0 bridgehead atoms. The number of benzene rings is 1. The number of rotatable bonds is 3. The van der Waals surface area contributed by atoms with E-state index in [0.29, 0.717) is 0 Å². The van der Waals surface area contributed by atoms with E-state index in [9.17, 15) is 17.7 Å². The molecule has 118 valence electrons. The number of alkyl halides is 2. The molecule has 1 unspecified atom stereocenters. The average Bonchev–Trinajstić information content (AvgIpc) is 2.59. The maximum atomic E-state index is 14.0. The zero-order valence-corrected chi connectivity index (χ0v) is 12.8. The van der Waals surface area contributed by atoms with Gasteiger partial charge in [-0.25, -0.2) is 4.39 Å². The molecule has 0 radical (unpaired) electrons. The van der Waals surface area contributed by atoms with Crippen LogP contribution < -0.4 is 14.2 Å². The van der Waals surface area contributed by atoms with E-state index < -0.39 is 34.3 Å². The van der Waals surface area contributed by atoms with E-state index in [0.717, 1.165) is 12.1 Å². The van der Waals surface area contributed by atoms with E-state index in [1.165, 1.54) is 0 Å². The number of ether oxygens (including phenoxy) is 2. The molecule has 0 saturated heterocycles. The van der Waals surface area contributed by atoms with Crippen molar-refractivity contribution >= 4 is 11.4 Å². The molecule has 8 heteroatoms. The van der Waals surface area contributed by atoms with Crippen LogP contribution in [0.4, 0.5) is 13.2 Å². The third-order valence-electron chi connectivity index (χ3n) is 2.83. The lowest BCUT2D eigenvalue weighted by atomic mass is 10.1. The van der Waals surface area contributed by atoms with Gasteiger partial charge in [0.15, 0.2) is 11.5 Å². The zero-order chi connectivity index (χ0) is 16.0. The lowest BCUT2D eigenvalue weighted by molar-refractivity contribution is -0.286. The van der Waals surface area contributed by atoms with Crippen molar-refractivity contribution in [2.45, 2.75) is 44.8 Å². The molecule has 0 amide bonds. The number of fused-ring (bicyclic) bond motifs is 1. The summed E-state index contributed by atoms with van der Waals surface area (Å²) >= 11 is -1.43. The van der Waals surface area contributed by atoms with Gasteiger partial charge in [0, 0.05) is 23.0 Å². The third kappa shape index (κ3) is 3.56. The Labute approximate surface area is 123 Å². The van der Waals surface area contributed by atoms with Crippen LogP contribution in [-0.2, 0) is 11.4 Å². The summed E-state index contributed by atoms with van der Waals surface area (Å²) in [5, 5.41) is 0. The quantitative estimate of drug-likeness (QED) is 0.868. The maximum Gasteiger partial charge on any atom is 0.586 e. The smallest absolute Gasteiger partial charge is 0.586 e. The van der Waals surface area contributed by atoms with Gasteiger partial charge in [-0.05, 0) is 33.8 Å². The molecule has 0 spiro atoms. The Bertz CT molecular complexity index is 548. The highest BCUT2D eigenvalue weighted by atomic mass is 32.2. The van der Waals surface area contributed by atoms with Gasteiger partial charge in [0.25, 0.3) is 0 Å². The molecule has 0 aromatic heterocycles. The largest absolute Gasteiger partial charge is 0.598 e. The molecule has 1 heterocycles. The fourth-order valence-electron chi connectivity index (χ4n) is 1.72. The number of halogens is 3. The summed E-state index contributed by atoms with van der Waals surface area (Å²) in [5.41, 5.74) is 0.0765. The van der Waals surface area contributed by atoms with Gasteiger partial charge < -0.3 is 14.0 Å². The molecule has 0 aliphatic carbocycles. The van der Waals surface area contributed by atoms with E-state index in [1.54, 1.807) is 27.7 Å². The Morgan fingerprint density at radius 3 is 2.29 bits per heavy atom. The van der Waals surface area contributed by atoms with Crippen molar-refractivity contribution in [1.29, 1.82) is 0 Å². The second-order valence-corrected chi connectivity index (χ2v) is 7.71. The van der Waals surface area contributed by atoms with E-state index in [1.807, 2.05) is 0 Å². The van der Waals surface area contributed by atoms with Crippen LogP contribution >= 0.6 is 0 Å². The van der Waals surface area contributed by atoms with Crippen LogP contribution in [0.5, 0.6) is 11.5 Å². The fraction of sp³-hybridized carbons (Fsp3) is 0.538. The van der Waals surface area contributed by atoms with Crippen molar-refractivity contribution in [2.24, 2.45) is 0 Å². The minimum absolute atomic E-state index is 0.0765. The van der Waals surface area contributed by atoms with Crippen LogP contribution in [0, 0.1) is 5.82 Å². The molecule has 4 nitrogen and oxygen atoms in total. The third-order valence-corrected chi connectivity index (χ3v) is 4.51. The monoisotopic (exact) mass is 323 g/mol. The minimum atomic E-state index is -3.79. The molecule has 2 atom stereocenters. The highest BCUT2D eigenvalue weighted by Crippen LogP contribution is 2.43. The topological polar surface area (TPSA) is 53.5 Å². The second kappa shape index (κ2) is 5.26. The van der Waals surface area contributed by atoms with Gasteiger partial charge in [0.1, 0.15) is 10.6 Å². The first-order valence-corrected chi connectivity index (χ1v) is 7.42. The molecule has 1 N–H and O–H groups in total. The summed E-state index contributed by atoms with van der Waals surface area (Å²) in [7, 11) is 0. The van der Waals surface area contributed by atoms with E-state index in [2.05, 4.69) is 14.2 Å². The molecule has 1 aromatic rings. The van der Waals surface area contributed by atoms with Crippen LogP contribution in [0.2, 0.25) is 0 Å². The van der Waals surface area contributed by atoms with Crippen LogP contribution in [0.15, 0.2) is 12.1 Å². The van der Waals surface area contributed by atoms with Gasteiger partial charge in [0.05, 0.1) is 6.04 Å². The highest BCUT2D eigenvalue weighted by Gasteiger charge is 2.44. The molecule has 21 heavy (non-hydrogen) atoms. The van der Waals surface area contributed by atoms with Crippen molar-refractivity contribution in [3.63, 3.8) is 0 Å². The van der Waals surface area contributed by atoms with Gasteiger partial charge in [-0.1, -0.05) is 0 Å². The number of nitrogens with one attached hydrogen (secondary N) is 1. The predicted molar refractivity (Wildman–Crippen MR) is 72.0 cm³/mol. The zero-order valence-electron chi connectivity index (χ0n) is 12.0. The van der Waals surface area contributed by atoms with Crippen molar-refractivity contribution in [2.75, 3.05) is 0 Å². The summed E-state index contributed by atoms with van der Waals surface area (Å²) in [4.78, 5) is 0. The molecular weight excluding hydrogens is 307 g/mol. The van der Waals surface area contributed by atoms with Gasteiger partial charge in [-0.15, -0.1) is 13.5 Å². The first-order chi connectivity index (χ1) is 9.49. The van der Waals surface area contributed by atoms with Crippen LogP contribution in [-0.4, -0.2) is 15.6 Å².